The van der Waals surface area contributed by atoms with Crippen LogP contribution in [-0.4, -0.2) is 28.9 Å². The summed E-state index contributed by atoms with van der Waals surface area (Å²) in [6.45, 7) is 4.47. The van der Waals surface area contributed by atoms with Crippen LogP contribution in [0.3, 0.4) is 0 Å². The fourth-order valence-corrected chi connectivity index (χ4v) is 5.22. The fourth-order valence-electron chi connectivity index (χ4n) is 3.53. The molecule has 9 heteroatoms. The van der Waals surface area contributed by atoms with E-state index in [1.807, 2.05) is 24.3 Å². The molecule has 0 aliphatic rings. The first-order valence-electron chi connectivity index (χ1n) is 11.0. The fraction of sp³-hybridized carbons (Fsp3) is 0.280. The Morgan fingerprint density at radius 1 is 1.12 bits per heavy atom. The molecule has 0 saturated heterocycles. The van der Waals surface area contributed by atoms with E-state index in [0.717, 1.165) is 27.9 Å². The number of amides is 1. The molecule has 0 atom stereocenters. The van der Waals surface area contributed by atoms with Gasteiger partial charge in [0.2, 0.25) is 5.91 Å². The molecule has 1 N–H and O–H groups in total. The number of nitrogens with one attached hydrogen (secondary N) is 1. The molecule has 0 aliphatic heterocycles. The molecule has 0 saturated carbocycles. The van der Waals surface area contributed by atoms with E-state index in [-0.39, 0.29) is 17.9 Å². The van der Waals surface area contributed by atoms with Crippen molar-refractivity contribution in [2.45, 2.75) is 26.6 Å². The van der Waals surface area contributed by atoms with Crippen LogP contribution in [0.1, 0.15) is 30.5 Å². The Bertz CT molecular complexity index is 1180. The van der Waals surface area contributed by atoms with Gasteiger partial charge < -0.3 is 14.4 Å². The largest absolute Gasteiger partial charge is 0.348 e. The molecule has 0 radical (unpaired) electrons. The standard InChI is InChI=1S/C25H29FN3O4P/c1-4-32-34(31,33-5-2)18-20-8-6-7-19(15-20)16-27-24(30)14-11-22-17-28-29(3)25(22)21-9-12-23(26)13-10-21/h6-15,17H,4-5,16,18H2,1-3H3,(H,27,30)/b14-11+. The topological polar surface area (TPSA) is 82.5 Å². The van der Waals surface area contributed by atoms with Gasteiger partial charge in [0, 0.05) is 30.8 Å². The van der Waals surface area contributed by atoms with Crippen molar-refractivity contribution in [3.63, 3.8) is 0 Å². The summed E-state index contributed by atoms with van der Waals surface area (Å²) in [7, 11) is -1.41. The van der Waals surface area contributed by atoms with E-state index < -0.39 is 7.60 Å². The highest BCUT2D eigenvalue weighted by Crippen LogP contribution is 2.51. The van der Waals surface area contributed by atoms with Gasteiger partial charge in [0.1, 0.15) is 5.82 Å². The summed E-state index contributed by atoms with van der Waals surface area (Å²) in [5.74, 6) is -0.585. The Kier molecular flexibility index (Phi) is 8.93. The second-order valence-electron chi connectivity index (χ2n) is 7.55. The third-order valence-electron chi connectivity index (χ3n) is 4.98. The zero-order chi connectivity index (χ0) is 24.6. The van der Waals surface area contributed by atoms with E-state index >= 15 is 0 Å². The van der Waals surface area contributed by atoms with Crippen molar-refractivity contribution < 1.29 is 22.8 Å². The lowest BCUT2D eigenvalue weighted by Gasteiger charge is -2.17. The van der Waals surface area contributed by atoms with Crippen LogP contribution in [0.5, 0.6) is 0 Å². The van der Waals surface area contributed by atoms with Crippen molar-refractivity contribution in [2.75, 3.05) is 13.2 Å². The average molecular weight is 485 g/mol. The maximum absolute atomic E-state index is 13.3. The molecule has 7 nitrogen and oxygen atoms in total. The van der Waals surface area contributed by atoms with Crippen LogP contribution in [0.15, 0.2) is 60.8 Å². The molecule has 0 unspecified atom stereocenters. The summed E-state index contributed by atoms with van der Waals surface area (Å²) in [6, 6.07) is 13.6. The van der Waals surface area contributed by atoms with E-state index in [4.69, 9.17) is 9.05 Å². The van der Waals surface area contributed by atoms with E-state index in [1.54, 1.807) is 50.0 Å². The number of halogens is 1. The molecule has 0 bridgehead atoms. The summed E-state index contributed by atoms with van der Waals surface area (Å²) in [5, 5.41) is 7.10. The summed E-state index contributed by atoms with van der Waals surface area (Å²) in [4.78, 5) is 12.4. The number of carbonyl (C=O) groups is 1. The Morgan fingerprint density at radius 3 is 2.47 bits per heavy atom. The summed E-state index contributed by atoms with van der Waals surface area (Å²) >= 11 is 0. The highest BCUT2D eigenvalue weighted by molar-refractivity contribution is 7.53. The Balaban J connectivity index is 1.64. The smallest absolute Gasteiger partial charge is 0.335 e. The van der Waals surface area contributed by atoms with Crippen LogP contribution < -0.4 is 5.32 Å². The predicted molar refractivity (Wildman–Crippen MR) is 130 cm³/mol. The highest BCUT2D eigenvalue weighted by Gasteiger charge is 2.24. The molecule has 0 spiro atoms. The number of aromatic nitrogens is 2. The van der Waals surface area contributed by atoms with Gasteiger partial charge >= 0.3 is 7.60 Å². The van der Waals surface area contributed by atoms with Crippen molar-refractivity contribution >= 4 is 19.6 Å². The lowest BCUT2D eigenvalue weighted by molar-refractivity contribution is -0.116. The molecule has 2 aromatic carbocycles. The molecular weight excluding hydrogens is 456 g/mol. The summed E-state index contributed by atoms with van der Waals surface area (Å²) < 4.78 is 38.5. The predicted octanol–water partition coefficient (Wildman–Crippen LogP) is 5.32. The molecule has 0 aliphatic carbocycles. The van der Waals surface area contributed by atoms with Crippen LogP contribution >= 0.6 is 7.60 Å². The van der Waals surface area contributed by atoms with Gasteiger partial charge in [0.15, 0.2) is 0 Å². The molecule has 0 fully saturated rings. The van der Waals surface area contributed by atoms with E-state index in [1.165, 1.54) is 18.2 Å². The van der Waals surface area contributed by atoms with Gasteiger partial charge in [-0.05, 0) is 55.3 Å². The maximum atomic E-state index is 13.3. The quantitative estimate of drug-likeness (QED) is 0.294. The van der Waals surface area contributed by atoms with Crippen LogP contribution in [0.4, 0.5) is 4.39 Å². The molecule has 180 valence electrons. The van der Waals surface area contributed by atoms with Gasteiger partial charge in [0.05, 0.1) is 31.3 Å². The third kappa shape index (κ3) is 6.97. The van der Waals surface area contributed by atoms with Gasteiger partial charge in [-0.25, -0.2) is 4.39 Å². The minimum absolute atomic E-state index is 0.170. The Labute approximate surface area is 199 Å². The maximum Gasteiger partial charge on any atom is 0.335 e. The Morgan fingerprint density at radius 2 is 1.79 bits per heavy atom. The summed E-state index contributed by atoms with van der Waals surface area (Å²) in [6.07, 6.45) is 4.94. The highest BCUT2D eigenvalue weighted by atomic mass is 31.2. The minimum Gasteiger partial charge on any atom is -0.348 e. The monoisotopic (exact) mass is 485 g/mol. The van der Waals surface area contributed by atoms with Crippen LogP contribution in [0.25, 0.3) is 17.3 Å². The van der Waals surface area contributed by atoms with Crippen LogP contribution in [0, 0.1) is 5.82 Å². The minimum atomic E-state index is -3.20. The van der Waals surface area contributed by atoms with Crippen molar-refractivity contribution in [1.82, 2.24) is 15.1 Å². The van der Waals surface area contributed by atoms with Gasteiger partial charge in [0.25, 0.3) is 0 Å². The van der Waals surface area contributed by atoms with Gasteiger partial charge in [-0.15, -0.1) is 0 Å². The second-order valence-corrected chi connectivity index (χ2v) is 9.61. The first-order valence-corrected chi connectivity index (χ1v) is 12.8. The lowest BCUT2D eigenvalue weighted by Crippen LogP contribution is -2.20. The zero-order valence-corrected chi connectivity index (χ0v) is 20.4. The van der Waals surface area contributed by atoms with Gasteiger partial charge in [-0.1, -0.05) is 24.3 Å². The number of hydrogen-bond acceptors (Lipinski definition) is 5. The van der Waals surface area contributed by atoms with Crippen molar-refractivity contribution in [2.24, 2.45) is 7.05 Å². The molecule has 34 heavy (non-hydrogen) atoms. The normalized spacial score (nSPS) is 11.8. The average Bonchev–Trinajstić information content (AvgIpc) is 3.17. The van der Waals surface area contributed by atoms with Crippen molar-refractivity contribution in [1.29, 1.82) is 0 Å². The number of benzene rings is 2. The molecule has 1 heterocycles. The van der Waals surface area contributed by atoms with E-state index in [9.17, 15) is 13.8 Å². The van der Waals surface area contributed by atoms with E-state index in [2.05, 4.69) is 10.4 Å². The number of aryl methyl sites for hydroxylation is 1. The molecule has 1 aromatic heterocycles. The lowest BCUT2D eigenvalue weighted by atomic mass is 10.1. The SMILES string of the molecule is CCOP(=O)(Cc1cccc(CNC(=O)/C=C/c2cnn(C)c2-c2ccc(F)cc2)c1)OCC. The van der Waals surface area contributed by atoms with Gasteiger partial charge in [-0.2, -0.15) is 5.10 Å². The number of rotatable bonds is 11. The number of hydrogen-bond donors (Lipinski definition) is 1. The van der Waals surface area contributed by atoms with Crippen molar-refractivity contribution in [3.8, 4) is 11.3 Å². The van der Waals surface area contributed by atoms with Crippen LogP contribution in [-0.2, 0) is 38.2 Å². The zero-order valence-electron chi connectivity index (χ0n) is 19.5. The first kappa shape index (κ1) is 25.6. The second kappa shape index (κ2) is 11.9. The first-order chi connectivity index (χ1) is 16.3. The summed E-state index contributed by atoms with van der Waals surface area (Å²) in [5.41, 5.74) is 4.01. The number of nitrogens with zero attached hydrogens (tertiary/aromatic N) is 2. The molecular formula is C25H29FN3O4P. The Hall–Kier alpha value is -3.06. The third-order valence-corrected chi connectivity index (χ3v) is 7.04. The van der Waals surface area contributed by atoms with Gasteiger partial charge in [-0.3, -0.25) is 14.0 Å². The van der Waals surface area contributed by atoms with Crippen LogP contribution in [0.2, 0.25) is 0 Å². The molecule has 3 rings (SSSR count). The molecule has 1 amide bonds. The van der Waals surface area contributed by atoms with E-state index in [0.29, 0.717) is 19.8 Å². The van der Waals surface area contributed by atoms with Crippen molar-refractivity contribution in [3.05, 3.63) is 83.3 Å². The number of carbonyl (C=O) groups excluding carboxylic acids is 1. The molecule has 3 aromatic rings.